The molecule has 174 valence electrons. The molecule has 3 rings (SSSR count). The van der Waals surface area contributed by atoms with Crippen LogP contribution in [0, 0.1) is 13.8 Å². The molecule has 0 aliphatic carbocycles. The summed E-state index contributed by atoms with van der Waals surface area (Å²) < 4.78 is 34.4. The maximum Gasteiger partial charge on any atom is 0.270 e. The quantitative estimate of drug-likeness (QED) is 0.309. The second kappa shape index (κ2) is 11.0. The van der Waals surface area contributed by atoms with E-state index in [4.69, 9.17) is 4.74 Å². The minimum absolute atomic E-state index is 0.0318. The highest BCUT2D eigenvalue weighted by molar-refractivity contribution is 9.10. The van der Waals surface area contributed by atoms with E-state index in [1.54, 1.807) is 24.3 Å². The number of hydrogen-bond acceptors (Lipinski definition) is 4. The maximum absolute atomic E-state index is 13.4. The number of halogens is 1. The van der Waals surface area contributed by atoms with Crippen LogP contribution in [0.4, 0.5) is 5.69 Å². The Balaban J connectivity index is 1.79. The van der Waals surface area contributed by atoms with Crippen molar-refractivity contribution < 1.29 is 17.9 Å². The Morgan fingerprint density at radius 3 is 2.18 bits per heavy atom. The van der Waals surface area contributed by atoms with Crippen molar-refractivity contribution in [3.05, 3.63) is 87.9 Å². The van der Waals surface area contributed by atoms with E-state index in [-0.39, 0.29) is 11.3 Å². The molecule has 1 amide bonds. The van der Waals surface area contributed by atoms with Gasteiger partial charge in [0.1, 0.15) is 5.75 Å². The van der Waals surface area contributed by atoms with Crippen molar-refractivity contribution in [1.29, 1.82) is 0 Å². The van der Waals surface area contributed by atoms with Gasteiger partial charge in [-0.3, -0.25) is 4.79 Å². The first-order chi connectivity index (χ1) is 15.7. The third-order valence-corrected chi connectivity index (χ3v) is 7.63. The van der Waals surface area contributed by atoms with Gasteiger partial charge in [-0.15, -0.1) is 0 Å². The lowest BCUT2D eigenvalue weighted by Gasteiger charge is -2.23. The molecule has 0 aliphatic rings. The van der Waals surface area contributed by atoms with Crippen molar-refractivity contribution in [1.82, 2.24) is 0 Å². The molecular formula is C26H28BrNO4S. The van der Waals surface area contributed by atoms with Crippen LogP contribution in [0.25, 0.3) is 0 Å². The first-order valence-electron chi connectivity index (χ1n) is 10.8. The Morgan fingerprint density at radius 2 is 1.58 bits per heavy atom. The topological polar surface area (TPSA) is 63.7 Å². The number of rotatable bonds is 9. The van der Waals surface area contributed by atoms with Gasteiger partial charge in [0.2, 0.25) is 5.91 Å². The molecule has 0 saturated carbocycles. The van der Waals surface area contributed by atoms with Gasteiger partial charge < -0.3 is 4.74 Å². The highest BCUT2D eigenvalue weighted by Crippen LogP contribution is 2.27. The summed E-state index contributed by atoms with van der Waals surface area (Å²) >= 11 is 3.47. The first-order valence-corrected chi connectivity index (χ1v) is 13.1. The van der Waals surface area contributed by atoms with Crippen molar-refractivity contribution in [3.8, 4) is 5.75 Å². The normalized spacial score (nSPS) is 11.3. The van der Waals surface area contributed by atoms with Crippen LogP contribution < -0.4 is 9.04 Å². The second-order valence-electron chi connectivity index (χ2n) is 7.88. The predicted molar refractivity (Wildman–Crippen MR) is 135 cm³/mol. The summed E-state index contributed by atoms with van der Waals surface area (Å²) in [5.74, 6) is 0.193. The lowest BCUT2D eigenvalue weighted by molar-refractivity contribution is -0.117. The van der Waals surface area contributed by atoms with Gasteiger partial charge >= 0.3 is 0 Å². The summed E-state index contributed by atoms with van der Waals surface area (Å²) in [7, 11) is -4.05. The molecule has 0 heterocycles. The third-order valence-electron chi connectivity index (χ3n) is 5.24. The monoisotopic (exact) mass is 529 g/mol. The minimum Gasteiger partial charge on any atom is -0.492 e. The molecular weight excluding hydrogens is 502 g/mol. The number of benzene rings is 3. The number of ether oxygens (including phenoxy) is 1. The van der Waals surface area contributed by atoms with E-state index in [2.05, 4.69) is 15.9 Å². The Bertz CT molecular complexity index is 1210. The molecule has 0 fully saturated rings. The molecule has 3 aromatic carbocycles. The summed E-state index contributed by atoms with van der Waals surface area (Å²) in [5.41, 5.74) is 3.45. The molecule has 0 spiro atoms. The zero-order chi connectivity index (χ0) is 24.0. The van der Waals surface area contributed by atoms with E-state index in [1.165, 1.54) is 12.1 Å². The molecule has 3 aromatic rings. The van der Waals surface area contributed by atoms with Gasteiger partial charge in [0.05, 0.1) is 21.7 Å². The average Bonchev–Trinajstić information content (AvgIpc) is 2.78. The van der Waals surface area contributed by atoms with E-state index in [1.807, 2.05) is 51.1 Å². The Hall–Kier alpha value is -2.64. The standard InChI is InChI=1S/C26H28BrNO4S/c1-4-21-10-12-22(13-11-21)28(33(30,31)23-14-7-19(2)8-15-23)26(29)6-5-17-32-25-16-9-20(3)18-24(25)27/h7-16,18H,4-6,17H2,1-3H3. The fraction of sp³-hybridized carbons (Fsp3) is 0.269. The fourth-order valence-electron chi connectivity index (χ4n) is 3.33. The van der Waals surface area contributed by atoms with Gasteiger partial charge in [0.15, 0.2) is 0 Å². The maximum atomic E-state index is 13.4. The Morgan fingerprint density at radius 1 is 0.939 bits per heavy atom. The molecule has 0 aromatic heterocycles. The second-order valence-corrected chi connectivity index (χ2v) is 10.5. The predicted octanol–water partition coefficient (Wildman–Crippen LogP) is 6.21. The van der Waals surface area contributed by atoms with Crippen LogP contribution in [-0.2, 0) is 21.2 Å². The fourth-order valence-corrected chi connectivity index (χ4v) is 5.39. The van der Waals surface area contributed by atoms with Crippen LogP contribution in [-0.4, -0.2) is 20.9 Å². The number of amides is 1. The largest absolute Gasteiger partial charge is 0.492 e. The Labute approximate surface area is 204 Å². The minimum atomic E-state index is -4.05. The van der Waals surface area contributed by atoms with Gasteiger partial charge in [0.25, 0.3) is 10.0 Å². The van der Waals surface area contributed by atoms with Gasteiger partial charge in [-0.2, -0.15) is 0 Å². The van der Waals surface area contributed by atoms with Crippen molar-refractivity contribution in [3.63, 3.8) is 0 Å². The highest BCUT2D eigenvalue weighted by Gasteiger charge is 2.30. The SMILES string of the molecule is CCc1ccc(N(C(=O)CCCOc2ccc(C)cc2Br)S(=O)(=O)c2ccc(C)cc2)cc1. The molecule has 0 aliphatic heterocycles. The molecule has 33 heavy (non-hydrogen) atoms. The molecule has 0 atom stereocenters. The number of anilines is 1. The van der Waals surface area contributed by atoms with Crippen LogP contribution in [0.15, 0.2) is 76.1 Å². The number of hydrogen-bond donors (Lipinski definition) is 0. The van der Waals surface area contributed by atoms with Gasteiger partial charge in [0, 0.05) is 6.42 Å². The van der Waals surface area contributed by atoms with Crippen LogP contribution in [0.1, 0.15) is 36.5 Å². The van der Waals surface area contributed by atoms with Crippen LogP contribution >= 0.6 is 15.9 Å². The number of carbonyl (C=O) groups is 1. The third kappa shape index (κ3) is 6.24. The van der Waals surface area contributed by atoms with Gasteiger partial charge in [-0.05, 0) is 90.1 Å². The van der Waals surface area contributed by atoms with E-state index in [9.17, 15) is 13.2 Å². The van der Waals surface area contributed by atoms with Crippen molar-refractivity contribution in [2.75, 3.05) is 10.9 Å². The van der Waals surface area contributed by atoms with Crippen molar-refractivity contribution in [2.45, 2.75) is 44.9 Å². The van der Waals surface area contributed by atoms with Crippen LogP contribution in [0.5, 0.6) is 5.75 Å². The van der Waals surface area contributed by atoms with Crippen molar-refractivity contribution >= 4 is 37.5 Å². The summed E-state index contributed by atoms with van der Waals surface area (Å²) in [6.45, 7) is 6.19. The van der Waals surface area contributed by atoms with E-state index in [0.717, 1.165) is 31.9 Å². The molecule has 0 N–H and O–H groups in total. The van der Waals surface area contributed by atoms with Gasteiger partial charge in [-0.1, -0.05) is 42.8 Å². The van der Waals surface area contributed by atoms with E-state index < -0.39 is 15.9 Å². The molecule has 0 saturated heterocycles. The van der Waals surface area contributed by atoms with E-state index >= 15 is 0 Å². The number of carbonyl (C=O) groups excluding carboxylic acids is 1. The lowest BCUT2D eigenvalue weighted by Crippen LogP contribution is -2.37. The number of aryl methyl sites for hydroxylation is 3. The van der Waals surface area contributed by atoms with E-state index in [0.29, 0.717) is 24.5 Å². The van der Waals surface area contributed by atoms with Gasteiger partial charge in [-0.25, -0.2) is 12.7 Å². The highest BCUT2D eigenvalue weighted by atomic mass is 79.9. The number of sulfonamides is 1. The smallest absolute Gasteiger partial charge is 0.270 e. The molecule has 0 radical (unpaired) electrons. The molecule has 0 unspecified atom stereocenters. The molecule has 7 heteroatoms. The van der Waals surface area contributed by atoms with Crippen LogP contribution in [0.2, 0.25) is 0 Å². The average molecular weight is 530 g/mol. The zero-order valence-electron chi connectivity index (χ0n) is 19.0. The first kappa shape index (κ1) is 25.0. The van der Waals surface area contributed by atoms with Crippen molar-refractivity contribution in [2.24, 2.45) is 0 Å². The molecule has 5 nitrogen and oxygen atoms in total. The Kier molecular flexibility index (Phi) is 8.32. The summed E-state index contributed by atoms with van der Waals surface area (Å²) in [4.78, 5) is 13.3. The number of nitrogens with zero attached hydrogens (tertiary/aromatic N) is 1. The lowest BCUT2D eigenvalue weighted by atomic mass is 10.1. The van der Waals surface area contributed by atoms with Crippen LogP contribution in [0.3, 0.4) is 0 Å². The molecule has 0 bridgehead atoms. The summed E-state index contributed by atoms with van der Waals surface area (Å²) in [5, 5.41) is 0. The zero-order valence-corrected chi connectivity index (χ0v) is 21.4. The summed E-state index contributed by atoms with van der Waals surface area (Å²) in [6, 6.07) is 19.3. The summed E-state index contributed by atoms with van der Waals surface area (Å²) in [6.07, 6.45) is 1.24.